The average molecular weight is 150 g/mol. The van der Waals surface area contributed by atoms with Crippen molar-refractivity contribution in [2.45, 2.75) is 19.3 Å². The van der Waals surface area contributed by atoms with Gasteiger partial charge in [-0.2, -0.15) is 0 Å². The molecule has 0 aromatic heterocycles. The van der Waals surface area contributed by atoms with Crippen molar-refractivity contribution in [1.29, 1.82) is 0 Å². The number of carbonyl (C=O) groups excluding carboxylic acids is 2. The molecule has 0 aromatic rings. The van der Waals surface area contributed by atoms with Crippen LogP contribution in [0.5, 0.6) is 0 Å². The number of ketones is 2. The summed E-state index contributed by atoms with van der Waals surface area (Å²) in [5, 5.41) is 0. The third-order valence-electron chi connectivity index (χ3n) is 3.67. The van der Waals surface area contributed by atoms with Gasteiger partial charge in [0.2, 0.25) is 0 Å². The molecule has 4 aliphatic rings. The normalized spacial score (nSPS) is 52.7. The molecule has 4 bridgehead atoms. The van der Waals surface area contributed by atoms with Crippen LogP contribution in [0.25, 0.3) is 0 Å². The van der Waals surface area contributed by atoms with Gasteiger partial charge in [0.25, 0.3) is 0 Å². The van der Waals surface area contributed by atoms with Crippen LogP contribution in [0.1, 0.15) is 19.3 Å². The quantitative estimate of drug-likeness (QED) is 0.512. The summed E-state index contributed by atoms with van der Waals surface area (Å²) < 4.78 is 0. The average Bonchev–Trinajstić information content (AvgIpc) is 2.37. The van der Waals surface area contributed by atoms with Crippen LogP contribution in [0, 0.1) is 23.7 Å². The number of hydrogen-bond donors (Lipinski definition) is 0. The Labute approximate surface area is 65.0 Å². The van der Waals surface area contributed by atoms with E-state index in [0.29, 0.717) is 11.6 Å². The van der Waals surface area contributed by atoms with Crippen molar-refractivity contribution in [3.8, 4) is 0 Å². The number of rotatable bonds is 0. The summed E-state index contributed by atoms with van der Waals surface area (Å²) in [5.74, 6) is 1.68. The molecule has 0 radical (unpaired) electrons. The van der Waals surface area contributed by atoms with Crippen LogP contribution in [0.15, 0.2) is 0 Å². The van der Waals surface area contributed by atoms with Crippen molar-refractivity contribution in [1.82, 2.24) is 0 Å². The molecule has 0 spiro atoms. The highest BCUT2D eigenvalue weighted by molar-refractivity contribution is 6.01. The van der Waals surface area contributed by atoms with Gasteiger partial charge in [-0.25, -0.2) is 0 Å². The summed E-state index contributed by atoms with van der Waals surface area (Å²) in [6.07, 6.45) is 2.66. The monoisotopic (exact) mass is 150 g/mol. The van der Waals surface area contributed by atoms with Crippen molar-refractivity contribution >= 4 is 11.6 Å². The predicted octanol–water partition coefficient (Wildman–Crippen LogP) is 0.800. The molecule has 0 N–H and O–H groups in total. The van der Waals surface area contributed by atoms with Gasteiger partial charge in [0.1, 0.15) is 11.6 Å². The van der Waals surface area contributed by atoms with Crippen LogP contribution in [0.2, 0.25) is 0 Å². The summed E-state index contributed by atoms with van der Waals surface area (Å²) in [7, 11) is 0. The van der Waals surface area contributed by atoms with E-state index >= 15 is 0 Å². The zero-order valence-electron chi connectivity index (χ0n) is 6.25. The second-order valence-electron chi connectivity index (χ2n) is 4.12. The number of Topliss-reactive ketones (excluding diaryl/α,β-unsaturated/α-hetero) is 2. The molecule has 4 aliphatic carbocycles. The lowest BCUT2D eigenvalue weighted by atomic mass is 9.81. The fourth-order valence-electron chi connectivity index (χ4n) is 3.18. The molecule has 0 aromatic carbocycles. The molecule has 4 fully saturated rings. The topological polar surface area (TPSA) is 34.1 Å². The van der Waals surface area contributed by atoms with E-state index in [0.717, 1.165) is 19.3 Å². The number of hydrogen-bond acceptors (Lipinski definition) is 2. The van der Waals surface area contributed by atoms with Crippen LogP contribution >= 0.6 is 0 Å². The van der Waals surface area contributed by atoms with Crippen LogP contribution in [0.4, 0.5) is 0 Å². The van der Waals surface area contributed by atoms with E-state index in [1.807, 2.05) is 0 Å². The molecule has 2 nitrogen and oxygen atoms in total. The van der Waals surface area contributed by atoms with Crippen molar-refractivity contribution < 1.29 is 9.59 Å². The van der Waals surface area contributed by atoms with Crippen LogP contribution in [-0.2, 0) is 9.59 Å². The second kappa shape index (κ2) is 1.57. The molecule has 0 saturated heterocycles. The van der Waals surface area contributed by atoms with Crippen molar-refractivity contribution in [2.75, 3.05) is 0 Å². The summed E-state index contributed by atoms with van der Waals surface area (Å²) in [6, 6.07) is 0. The van der Waals surface area contributed by atoms with Gasteiger partial charge in [0.15, 0.2) is 0 Å². The van der Waals surface area contributed by atoms with E-state index < -0.39 is 0 Å². The Morgan fingerprint density at radius 3 is 1.73 bits per heavy atom. The smallest absolute Gasteiger partial charge is 0.139 e. The van der Waals surface area contributed by atoms with Crippen LogP contribution in [0.3, 0.4) is 0 Å². The Balaban J connectivity index is 2.11. The molecule has 4 unspecified atom stereocenters. The third-order valence-corrected chi connectivity index (χ3v) is 3.67. The van der Waals surface area contributed by atoms with E-state index in [2.05, 4.69) is 0 Å². The summed E-state index contributed by atoms with van der Waals surface area (Å²) >= 11 is 0. The Hall–Kier alpha value is -0.660. The molecular formula is C9H10O2. The maximum absolute atomic E-state index is 11.4. The Morgan fingerprint density at radius 2 is 1.27 bits per heavy atom. The molecule has 2 heteroatoms. The Bertz CT molecular complexity index is 226. The lowest BCUT2D eigenvalue weighted by Gasteiger charge is -2.21. The molecule has 0 aliphatic heterocycles. The minimum atomic E-state index is 0.159. The highest BCUT2D eigenvalue weighted by atomic mass is 16.1. The maximum atomic E-state index is 11.4. The molecule has 4 rings (SSSR count). The highest BCUT2D eigenvalue weighted by Crippen LogP contribution is 2.53. The first kappa shape index (κ1) is 5.92. The van der Waals surface area contributed by atoms with E-state index in [1.54, 1.807) is 0 Å². The minimum absolute atomic E-state index is 0.159. The zero-order valence-corrected chi connectivity index (χ0v) is 6.25. The van der Waals surface area contributed by atoms with E-state index in [1.165, 1.54) is 0 Å². The molecule has 11 heavy (non-hydrogen) atoms. The maximum Gasteiger partial charge on any atom is 0.139 e. The second-order valence-corrected chi connectivity index (χ2v) is 4.12. The van der Waals surface area contributed by atoms with Gasteiger partial charge >= 0.3 is 0 Å². The minimum Gasteiger partial charge on any atom is -0.299 e. The zero-order chi connectivity index (χ0) is 7.59. The largest absolute Gasteiger partial charge is 0.299 e. The van der Waals surface area contributed by atoms with E-state index in [9.17, 15) is 9.59 Å². The standard InChI is InChI=1S/C9H10O2/c10-8-4-1-5-3-7(8)6(2-4)9(5)11/h4-7H,1-3H2. The lowest BCUT2D eigenvalue weighted by Crippen LogP contribution is -2.26. The van der Waals surface area contributed by atoms with Gasteiger partial charge in [0.05, 0.1) is 0 Å². The first-order valence-corrected chi connectivity index (χ1v) is 4.35. The fraction of sp³-hybridized carbons (Fsp3) is 0.778. The molecule has 58 valence electrons. The first-order valence-electron chi connectivity index (χ1n) is 4.35. The molecule has 4 saturated carbocycles. The number of carbonyl (C=O) groups is 2. The first-order chi connectivity index (χ1) is 5.27. The van der Waals surface area contributed by atoms with Crippen LogP contribution in [-0.4, -0.2) is 11.6 Å². The summed E-state index contributed by atoms with van der Waals surface area (Å²) in [4.78, 5) is 22.8. The van der Waals surface area contributed by atoms with E-state index in [4.69, 9.17) is 0 Å². The lowest BCUT2D eigenvalue weighted by molar-refractivity contribution is -0.127. The Kier molecular flexibility index (Phi) is 0.846. The molecule has 4 atom stereocenters. The Morgan fingerprint density at radius 1 is 0.818 bits per heavy atom. The molecule has 0 amide bonds. The fourth-order valence-corrected chi connectivity index (χ4v) is 3.18. The van der Waals surface area contributed by atoms with Gasteiger partial charge in [-0.1, -0.05) is 0 Å². The van der Waals surface area contributed by atoms with Crippen molar-refractivity contribution in [3.63, 3.8) is 0 Å². The highest BCUT2D eigenvalue weighted by Gasteiger charge is 2.58. The van der Waals surface area contributed by atoms with Crippen molar-refractivity contribution in [3.05, 3.63) is 0 Å². The summed E-state index contributed by atoms with van der Waals surface area (Å²) in [6.45, 7) is 0. The molecular weight excluding hydrogens is 140 g/mol. The van der Waals surface area contributed by atoms with Gasteiger partial charge in [-0.05, 0) is 19.3 Å². The third kappa shape index (κ3) is 0.512. The van der Waals surface area contributed by atoms with Gasteiger partial charge in [0, 0.05) is 23.7 Å². The SMILES string of the molecule is O=C1C2CC3CC1C(C2)C3=O. The van der Waals surface area contributed by atoms with E-state index in [-0.39, 0.29) is 23.7 Å². The van der Waals surface area contributed by atoms with Crippen molar-refractivity contribution in [2.24, 2.45) is 23.7 Å². The van der Waals surface area contributed by atoms with Gasteiger partial charge < -0.3 is 0 Å². The van der Waals surface area contributed by atoms with Crippen LogP contribution < -0.4 is 0 Å². The summed E-state index contributed by atoms with van der Waals surface area (Å²) in [5.41, 5.74) is 0. The van der Waals surface area contributed by atoms with Gasteiger partial charge in [-0.15, -0.1) is 0 Å². The van der Waals surface area contributed by atoms with Gasteiger partial charge in [-0.3, -0.25) is 9.59 Å². The molecule has 0 heterocycles. The predicted molar refractivity (Wildman–Crippen MR) is 37.8 cm³/mol.